The standard InChI is InChI=1S/C16H22N4O4/c1-22-9-5-17-14(21)10-20-6-2-12(3-7-20)15-18-19-16(24-15)13-4-8-23-11-13/h4,8,11-12H,2-3,5-7,9-10H2,1H3,(H,17,21). The van der Waals surface area contributed by atoms with Crippen molar-refractivity contribution in [3.8, 4) is 11.5 Å². The zero-order valence-electron chi connectivity index (χ0n) is 13.7. The minimum Gasteiger partial charge on any atom is -0.472 e. The summed E-state index contributed by atoms with van der Waals surface area (Å²) in [6.07, 6.45) is 4.97. The lowest BCUT2D eigenvalue weighted by atomic mass is 9.97. The van der Waals surface area contributed by atoms with Crippen LogP contribution in [0.2, 0.25) is 0 Å². The molecule has 0 spiro atoms. The van der Waals surface area contributed by atoms with E-state index >= 15 is 0 Å². The number of ether oxygens (including phenoxy) is 1. The summed E-state index contributed by atoms with van der Waals surface area (Å²) in [5.74, 6) is 1.42. The van der Waals surface area contributed by atoms with Crippen LogP contribution in [-0.2, 0) is 9.53 Å². The fraction of sp³-hybridized carbons (Fsp3) is 0.562. The van der Waals surface area contributed by atoms with Crippen molar-refractivity contribution in [2.75, 3.05) is 39.9 Å². The Morgan fingerprint density at radius 3 is 2.96 bits per heavy atom. The van der Waals surface area contributed by atoms with Crippen LogP contribution in [0.15, 0.2) is 27.4 Å². The van der Waals surface area contributed by atoms with E-state index in [0.29, 0.717) is 31.5 Å². The van der Waals surface area contributed by atoms with Gasteiger partial charge in [0.2, 0.25) is 11.8 Å². The number of likely N-dealkylation sites (tertiary alicyclic amines) is 1. The van der Waals surface area contributed by atoms with Gasteiger partial charge >= 0.3 is 0 Å². The number of furan rings is 1. The average Bonchev–Trinajstić information content (AvgIpc) is 3.27. The lowest BCUT2D eigenvalue weighted by Crippen LogP contribution is -2.41. The van der Waals surface area contributed by atoms with Crippen LogP contribution in [0.25, 0.3) is 11.5 Å². The first-order valence-electron chi connectivity index (χ1n) is 8.10. The number of amides is 1. The molecule has 0 radical (unpaired) electrons. The highest BCUT2D eigenvalue weighted by Crippen LogP contribution is 2.29. The van der Waals surface area contributed by atoms with Crippen LogP contribution in [0.4, 0.5) is 0 Å². The number of piperidine rings is 1. The second-order valence-corrected chi connectivity index (χ2v) is 5.85. The molecule has 0 saturated carbocycles. The molecule has 1 fully saturated rings. The van der Waals surface area contributed by atoms with Gasteiger partial charge in [0.15, 0.2) is 0 Å². The third-order valence-corrected chi connectivity index (χ3v) is 4.14. The molecular formula is C16H22N4O4. The molecule has 2 aromatic heterocycles. The summed E-state index contributed by atoms with van der Waals surface area (Å²) < 4.78 is 15.7. The van der Waals surface area contributed by atoms with Crippen molar-refractivity contribution < 1.29 is 18.4 Å². The minimum absolute atomic E-state index is 0.0329. The van der Waals surface area contributed by atoms with Crippen LogP contribution < -0.4 is 5.32 Å². The van der Waals surface area contributed by atoms with Crippen molar-refractivity contribution in [1.29, 1.82) is 0 Å². The van der Waals surface area contributed by atoms with Crippen LogP contribution >= 0.6 is 0 Å². The van der Waals surface area contributed by atoms with E-state index in [9.17, 15) is 4.79 Å². The second kappa shape index (κ2) is 8.07. The van der Waals surface area contributed by atoms with E-state index < -0.39 is 0 Å². The SMILES string of the molecule is COCCNC(=O)CN1CCC(c2nnc(-c3ccoc3)o2)CC1. The number of hydrogen-bond donors (Lipinski definition) is 1. The lowest BCUT2D eigenvalue weighted by Gasteiger charge is -2.29. The Hall–Kier alpha value is -2.19. The number of nitrogens with one attached hydrogen (secondary N) is 1. The Labute approximate surface area is 140 Å². The van der Waals surface area contributed by atoms with Gasteiger partial charge in [-0.05, 0) is 32.0 Å². The van der Waals surface area contributed by atoms with E-state index in [-0.39, 0.29) is 11.8 Å². The molecular weight excluding hydrogens is 312 g/mol. The zero-order valence-corrected chi connectivity index (χ0v) is 13.7. The number of carbonyl (C=O) groups is 1. The largest absolute Gasteiger partial charge is 0.472 e. The number of aromatic nitrogens is 2. The summed E-state index contributed by atoms with van der Waals surface area (Å²) in [5.41, 5.74) is 0.791. The van der Waals surface area contributed by atoms with Gasteiger partial charge in [0.1, 0.15) is 6.26 Å². The van der Waals surface area contributed by atoms with Gasteiger partial charge in [-0.3, -0.25) is 9.69 Å². The maximum Gasteiger partial charge on any atom is 0.250 e. The lowest BCUT2D eigenvalue weighted by molar-refractivity contribution is -0.122. The van der Waals surface area contributed by atoms with Crippen LogP contribution in [0.1, 0.15) is 24.7 Å². The van der Waals surface area contributed by atoms with Gasteiger partial charge in [0, 0.05) is 19.6 Å². The van der Waals surface area contributed by atoms with Gasteiger partial charge < -0.3 is 18.9 Å². The first kappa shape index (κ1) is 16.7. The van der Waals surface area contributed by atoms with E-state index in [1.54, 1.807) is 25.7 Å². The number of nitrogens with zero attached hydrogens (tertiary/aromatic N) is 3. The molecule has 8 nitrogen and oxygen atoms in total. The van der Waals surface area contributed by atoms with Crippen LogP contribution in [-0.4, -0.2) is 60.9 Å². The number of methoxy groups -OCH3 is 1. The van der Waals surface area contributed by atoms with Crippen molar-refractivity contribution >= 4 is 5.91 Å². The van der Waals surface area contributed by atoms with Crippen molar-refractivity contribution in [2.45, 2.75) is 18.8 Å². The highest BCUT2D eigenvalue weighted by Gasteiger charge is 2.26. The van der Waals surface area contributed by atoms with Crippen molar-refractivity contribution in [3.63, 3.8) is 0 Å². The Morgan fingerprint density at radius 1 is 1.42 bits per heavy atom. The molecule has 1 N–H and O–H groups in total. The molecule has 24 heavy (non-hydrogen) atoms. The molecule has 0 aromatic carbocycles. The van der Waals surface area contributed by atoms with E-state index in [4.69, 9.17) is 13.6 Å². The third kappa shape index (κ3) is 4.21. The second-order valence-electron chi connectivity index (χ2n) is 5.85. The molecule has 0 unspecified atom stereocenters. The fourth-order valence-electron chi connectivity index (χ4n) is 2.79. The Kier molecular flexibility index (Phi) is 5.60. The van der Waals surface area contributed by atoms with Gasteiger partial charge in [0.05, 0.1) is 25.0 Å². The number of hydrogen-bond acceptors (Lipinski definition) is 7. The molecule has 3 heterocycles. The molecule has 0 atom stereocenters. The summed E-state index contributed by atoms with van der Waals surface area (Å²) in [7, 11) is 1.62. The van der Waals surface area contributed by atoms with Crippen LogP contribution in [0, 0.1) is 0 Å². The summed E-state index contributed by atoms with van der Waals surface area (Å²) in [6.45, 7) is 3.17. The van der Waals surface area contributed by atoms with E-state index in [2.05, 4.69) is 20.4 Å². The van der Waals surface area contributed by atoms with Gasteiger partial charge in [-0.2, -0.15) is 0 Å². The normalized spacial score (nSPS) is 16.4. The highest BCUT2D eigenvalue weighted by atomic mass is 16.5. The van der Waals surface area contributed by atoms with Gasteiger partial charge in [0.25, 0.3) is 5.89 Å². The summed E-state index contributed by atoms with van der Waals surface area (Å²) >= 11 is 0. The van der Waals surface area contributed by atoms with Gasteiger partial charge in [-0.15, -0.1) is 10.2 Å². The zero-order chi connectivity index (χ0) is 16.8. The predicted octanol–water partition coefficient (Wildman–Crippen LogP) is 1.27. The van der Waals surface area contributed by atoms with E-state index in [1.807, 2.05) is 0 Å². The smallest absolute Gasteiger partial charge is 0.250 e. The quantitative estimate of drug-likeness (QED) is 0.762. The Balaban J connectivity index is 1.46. The molecule has 1 amide bonds. The van der Waals surface area contributed by atoms with E-state index in [1.165, 1.54) is 0 Å². The monoisotopic (exact) mass is 334 g/mol. The maximum absolute atomic E-state index is 11.8. The van der Waals surface area contributed by atoms with Crippen LogP contribution in [0.5, 0.6) is 0 Å². The fourth-order valence-corrected chi connectivity index (χ4v) is 2.79. The molecule has 8 heteroatoms. The molecule has 1 saturated heterocycles. The van der Waals surface area contributed by atoms with Gasteiger partial charge in [-0.25, -0.2) is 0 Å². The maximum atomic E-state index is 11.8. The predicted molar refractivity (Wildman–Crippen MR) is 85.3 cm³/mol. The molecule has 130 valence electrons. The van der Waals surface area contributed by atoms with Crippen LogP contribution in [0.3, 0.4) is 0 Å². The topological polar surface area (TPSA) is 93.6 Å². The summed E-state index contributed by atoms with van der Waals surface area (Å²) in [4.78, 5) is 14.0. The first-order valence-corrected chi connectivity index (χ1v) is 8.10. The molecule has 1 aliphatic heterocycles. The summed E-state index contributed by atoms with van der Waals surface area (Å²) in [6, 6.07) is 1.79. The highest BCUT2D eigenvalue weighted by molar-refractivity contribution is 5.78. The van der Waals surface area contributed by atoms with Gasteiger partial charge in [-0.1, -0.05) is 0 Å². The summed E-state index contributed by atoms with van der Waals surface area (Å²) in [5, 5.41) is 11.1. The molecule has 0 bridgehead atoms. The Bertz CT molecular complexity index is 632. The number of rotatable bonds is 7. The third-order valence-electron chi connectivity index (χ3n) is 4.14. The first-order chi connectivity index (χ1) is 11.8. The average molecular weight is 334 g/mol. The van der Waals surface area contributed by atoms with Crippen molar-refractivity contribution in [1.82, 2.24) is 20.4 Å². The minimum atomic E-state index is 0.0329. The molecule has 1 aliphatic rings. The number of carbonyl (C=O) groups excluding carboxylic acids is 1. The van der Waals surface area contributed by atoms with E-state index in [0.717, 1.165) is 31.5 Å². The molecule has 0 aliphatic carbocycles. The van der Waals surface area contributed by atoms with Crippen molar-refractivity contribution in [3.05, 3.63) is 24.5 Å². The molecule has 2 aromatic rings. The van der Waals surface area contributed by atoms with Crippen molar-refractivity contribution in [2.24, 2.45) is 0 Å². The molecule has 3 rings (SSSR count). The Morgan fingerprint density at radius 2 is 2.25 bits per heavy atom.